The molecule has 0 bridgehead atoms. The van der Waals surface area contributed by atoms with E-state index in [1.807, 2.05) is 57.2 Å². The molecular weight excluding hydrogens is 446 g/mol. The molecule has 0 unspecified atom stereocenters. The first-order chi connectivity index (χ1) is 16.7. The molecule has 0 aromatic heterocycles. The van der Waals surface area contributed by atoms with Crippen LogP contribution in [0, 0.1) is 5.92 Å². The molecule has 1 aliphatic rings. The van der Waals surface area contributed by atoms with E-state index in [4.69, 9.17) is 9.57 Å². The number of rotatable bonds is 7. The van der Waals surface area contributed by atoms with Crippen molar-refractivity contribution in [1.29, 1.82) is 0 Å². The lowest BCUT2D eigenvalue weighted by Gasteiger charge is -2.34. The molecule has 1 saturated heterocycles. The van der Waals surface area contributed by atoms with Gasteiger partial charge in [0, 0.05) is 31.1 Å². The largest absolute Gasteiger partial charge is 0.444 e. The minimum absolute atomic E-state index is 0.0991. The average molecular weight is 482 g/mol. The SMILES string of the molecule is CON(C(=O)c1ccccc1)[C@@H](CNC(=O)C1CCN(C(=O)OC(C)(C)C)CC1)c1ccccc1. The molecule has 0 aliphatic carbocycles. The first kappa shape index (κ1) is 26.2. The number of nitrogens with one attached hydrogen (secondary N) is 1. The monoisotopic (exact) mass is 481 g/mol. The Morgan fingerprint density at radius 1 is 1.00 bits per heavy atom. The molecule has 35 heavy (non-hydrogen) atoms. The maximum atomic E-state index is 13.2. The predicted molar refractivity (Wildman–Crippen MR) is 132 cm³/mol. The number of hydrogen-bond acceptors (Lipinski definition) is 5. The lowest BCUT2D eigenvalue weighted by molar-refractivity contribution is -0.133. The van der Waals surface area contributed by atoms with Gasteiger partial charge in [-0.15, -0.1) is 0 Å². The molecule has 0 saturated carbocycles. The molecule has 1 aliphatic heterocycles. The van der Waals surface area contributed by atoms with Gasteiger partial charge in [-0.2, -0.15) is 0 Å². The van der Waals surface area contributed by atoms with Crippen molar-refractivity contribution in [3.8, 4) is 0 Å². The summed E-state index contributed by atoms with van der Waals surface area (Å²) in [7, 11) is 1.45. The van der Waals surface area contributed by atoms with Crippen molar-refractivity contribution in [3.63, 3.8) is 0 Å². The van der Waals surface area contributed by atoms with Crippen LogP contribution in [-0.2, 0) is 14.4 Å². The number of likely N-dealkylation sites (tertiary alicyclic amines) is 1. The minimum Gasteiger partial charge on any atom is -0.444 e. The Hall–Kier alpha value is -3.39. The van der Waals surface area contributed by atoms with Crippen molar-refractivity contribution < 1.29 is 24.0 Å². The minimum atomic E-state index is -0.553. The number of hydroxylamine groups is 2. The molecule has 3 rings (SSSR count). The summed E-state index contributed by atoms with van der Waals surface area (Å²) in [6.07, 6.45) is 0.756. The van der Waals surface area contributed by atoms with E-state index in [0.717, 1.165) is 5.56 Å². The highest BCUT2D eigenvalue weighted by Crippen LogP contribution is 2.24. The summed E-state index contributed by atoms with van der Waals surface area (Å²) in [5.41, 5.74) is 0.789. The van der Waals surface area contributed by atoms with E-state index >= 15 is 0 Å². The van der Waals surface area contributed by atoms with E-state index in [-0.39, 0.29) is 30.4 Å². The van der Waals surface area contributed by atoms with E-state index in [9.17, 15) is 14.4 Å². The van der Waals surface area contributed by atoms with E-state index in [1.54, 1.807) is 29.2 Å². The van der Waals surface area contributed by atoms with E-state index in [0.29, 0.717) is 31.5 Å². The van der Waals surface area contributed by atoms with Crippen molar-refractivity contribution in [3.05, 3.63) is 71.8 Å². The van der Waals surface area contributed by atoms with Gasteiger partial charge in [0.2, 0.25) is 5.91 Å². The smallest absolute Gasteiger partial charge is 0.410 e. The van der Waals surface area contributed by atoms with E-state index < -0.39 is 11.6 Å². The first-order valence-corrected chi connectivity index (χ1v) is 11.9. The predicted octanol–water partition coefficient (Wildman–Crippen LogP) is 4.19. The van der Waals surface area contributed by atoms with Crippen molar-refractivity contribution in [2.24, 2.45) is 5.92 Å². The molecule has 1 N–H and O–H groups in total. The van der Waals surface area contributed by atoms with Crippen LogP contribution in [0.1, 0.15) is 55.6 Å². The molecule has 0 spiro atoms. The second-order valence-electron chi connectivity index (χ2n) is 9.59. The lowest BCUT2D eigenvalue weighted by atomic mass is 9.96. The molecular formula is C27H35N3O5. The van der Waals surface area contributed by atoms with Crippen LogP contribution in [0.4, 0.5) is 4.79 Å². The number of carbonyl (C=O) groups is 3. The van der Waals surface area contributed by atoms with Gasteiger partial charge in [0.05, 0.1) is 7.11 Å². The highest BCUT2D eigenvalue weighted by molar-refractivity contribution is 5.93. The highest BCUT2D eigenvalue weighted by atomic mass is 16.7. The molecule has 8 heteroatoms. The zero-order valence-corrected chi connectivity index (χ0v) is 20.9. The average Bonchev–Trinajstić information content (AvgIpc) is 2.86. The van der Waals surface area contributed by atoms with Crippen LogP contribution in [0.2, 0.25) is 0 Å². The van der Waals surface area contributed by atoms with Gasteiger partial charge in [0.1, 0.15) is 11.6 Å². The molecule has 2 aromatic carbocycles. The maximum absolute atomic E-state index is 13.2. The van der Waals surface area contributed by atoms with Crippen molar-refractivity contribution in [2.45, 2.75) is 45.3 Å². The molecule has 188 valence electrons. The summed E-state index contributed by atoms with van der Waals surface area (Å²) in [5, 5.41) is 4.31. The summed E-state index contributed by atoms with van der Waals surface area (Å²) in [4.78, 5) is 45.6. The Kier molecular flexibility index (Phi) is 8.87. The molecule has 1 atom stereocenters. The van der Waals surface area contributed by atoms with Gasteiger partial charge < -0.3 is 15.0 Å². The van der Waals surface area contributed by atoms with Crippen molar-refractivity contribution in [2.75, 3.05) is 26.7 Å². The van der Waals surface area contributed by atoms with Crippen LogP contribution < -0.4 is 5.32 Å². The number of benzene rings is 2. The molecule has 1 fully saturated rings. The zero-order chi connectivity index (χ0) is 25.4. The number of nitrogens with zero attached hydrogens (tertiary/aromatic N) is 2. The third-order valence-electron chi connectivity index (χ3n) is 5.87. The Labute approximate surface area is 207 Å². The van der Waals surface area contributed by atoms with Gasteiger partial charge in [-0.25, -0.2) is 9.86 Å². The van der Waals surface area contributed by atoms with Crippen LogP contribution in [0.25, 0.3) is 0 Å². The van der Waals surface area contributed by atoms with E-state index in [1.165, 1.54) is 12.2 Å². The number of carbonyl (C=O) groups excluding carboxylic acids is 3. The number of piperidine rings is 1. The summed E-state index contributed by atoms with van der Waals surface area (Å²) < 4.78 is 5.43. The highest BCUT2D eigenvalue weighted by Gasteiger charge is 2.32. The normalized spacial score (nSPS) is 15.3. The van der Waals surface area contributed by atoms with Crippen LogP contribution in [0.15, 0.2) is 60.7 Å². The van der Waals surface area contributed by atoms with Gasteiger partial charge in [0.25, 0.3) is 5.91 Å². The van der Waals surface area contributed by atoms with Gasteiger partial charge >= 0.3 is 6.09 Å². The second kappa shape index (κ2) is 11.8. The summed E-state index contributed by atoms with van der Waals surface area (Å²) in [6, 6.07) is 17.9. The molecule has 3 amide bonds. The molecule has 2 aromatic rings. The summed E-state index contributed by atoms with van der Waals surface area (Å²) in [5.74, 6) is -0.606. The van der Waals surface area contributed by atoms with E-state index in [2.05, 4.69) is 5.32 Å². The number of hydrogen-bond donors (Lipinski definition) is 1. The fraction of sp³-hybridized carbons (Fsp3) is 0.444. The number of amides is 3. The number of ether oxygens (including phenoxy) is 1. The van der Waals surface area contributed by atoms with Crippen LogP contribution >= 0.6 is 0 Å². The van der Waals surface area contributed by atoms with Crippen molar-refractivity contribution >= 4 is 17.9 Å². The van der Waals surface area contributed by atoms with Crippen LogP contribution in [0.3, 0.4) is 0 Å². The third kappa shape index (κ3) is 7.29. The van der Waals surface area contributed by atoms with Crippen LogP contribution in [-0.4, -0.2) is 60.2 Å². The fourth-order valence-electron chi connectivity index (χ4n) is 4.06. The maximum Gasteiger partial charge on any atom is 0.410 e. The van der Waals surface area contributed by atoms with Crippen LogP contribution in [0.5, 0.6) is 0 Å². The second-order valence-corrected chi connectivity index (χ2v) is 9.59. The quantitative estimate of drug-likeness (QED) is 0.599. The Bertz CT molecular complexity index is 983. The lowest BCUT2D eigenvalue weighted by Crippen LogP contribution is -2.46. The Morgan fingerprint density at radius 3 is 2.11 bits per heavy atom. The van der Waals surface area contributed by atoms with Crippen molar-refractivity contribution in [1.82, 2.24) is 15.3 Å². The van der Waals surface area contributed by atoms with Gasteiger partial charge in [-0.05, 0) is 51.3 Å². The topological polar surface area (TPSA) is 88.2 Å². The molecule has 1 heterocycles. The first-order valence-electron chi connectivity index (χ1n) is 11.9. The molecule has 8 nitrogen and oxygen atoms in total. The van der Waals surface area contributed by atoms with Gasteiger partial charge in [-0.1, -0.05) is 48.5 Å². The van der Waals surface area contributed by atoms with Gasteiger partial charge in [0.15, 0.2) is 0 Å². The summed E-state index contributed by atoms with van der Waals surface area (Å²) in [6.45, 7) is 6.62. The Morgan fingerprint density at radius 2 is 1.57 bits per heavy atom. The third-order valence-corrected chi connectivity index (χ3v) is 5.87. The fourth-order valence-corrected chi connectivity index (χ4v) is 4.06. The standard InChI is InChI=1S/C27H35N3O5/c1-27(2,3)35-26(33)29-17-15-21(16-18-29)24(31)28-19-23(20-11-7-5-8-12-20)30(34-4)25(32)22-13-9-6-10-14-22/h5-14,21,23H,15-19H2,1-4H3,(H,28,31)/t23-/m0/s1. The summed E-state index contributed by atoms with van der Waals surface area (Å²) >= 11 is 0. The zero-order valence-electron chi connectivity index (χ0n) is 20.9. The molecule has 0 radical (unpaired) electrons. The Balaban J connectivity index is 1.64. The van der Waals surface area contributed by atoms with Gasteiger partial charge in [-0.3, -0.25) is 14.4 Å².